The van der Waals surface area contributed by atoms with Gasteiger partial charge in [0.25, 0.3) is 0 Å². The van der Waals surface area contributed by atoms with Crippen molar-refractivity contribution in [1.82, 2.24) is 20.2 Å². The molecule has 0 spiro atoms. The quantitative estimate of drug-likeness (QED) is 0.490. The number of methoxy groups -OCH3 is 1. The summed E-state index contributed by atoms with van der Waals surface area (Å²) in [6, 6.07) is 6.15. The Morgan fingerprint density at radius 3 is 2.47 bits per heavy atom. The zero-order chi connectivity index (χ0) is 26.6. The minimum absolute atomic E-state index is 0.233. The van der Waals surface area contributed by atoms with Gasteiger partial charge >= 0.3 is 0 Å². The molecule has 3 atom stereocenters. The predicted octanol–water partition coefficient (Wildman–Crippen LogP) is 4.35. The van der Waals surface area contributed by atoms with Gasteiger partial charge in [-0.3, -0.25) is 0 Å². The van der Waals surface area contributed by atoms with Crippen LogP contribution in [0.1, 0.15) is 32.3 Å². The van der Waals surface area contributed by atoms with Gasteiger partial charge in [-0.1, -0.05) is 13.8 Å². The number of piperidine rings is 1. The highest BCUT2D eigenvalue weighted by atomic mass is 19.2. The van der Waals surface area contributed by atoms with Gasteiger partial charge in [-0.25, -0.2) is 8.78 Å². The zero-order valence-corrected chi connectivity index (χ0v) is 22.0. The highest BCUT2D eigenvalue weighted by Crippen LogP contribution is 2.47. The first-order chi connectivity index (χ1) is 18.3. The van der Waals surface area contributed by atoms with E-state index < -0.39 is 11.6 Å². The predicted molar refractivity (Wildman–Crippen MR) is 142 cm³/mol. The lowest BCUT2D eigenvalue weighted by Crippen LogP contribution is -2.48. The fraction of sp³-hybridized carbons (Fsp3) is 0.481. The fourth-order valence-corrected chi connectivity index (χ4v) is 6.36. The molecule has 2 bridgehead atoms. The van der Waals surface area contributed by atoms with Crippen LogP contribution in [0, 0.1) is 23.5 Å². The largest absolute Gasteiger partial charge is 0.480 e. The monoisotopic (exact) mass is 522 g/mol. The topological polar surface area (TPSA) is 91.3 Å². The average molecular weight is 523 g/mol. The van der Waals surface area contributed by atoms with Gasteiger partial charge < -0.3 is 25.2 Å². The molecule has 0 amide bonds. The maximum atomic E-state index is 14.1. The number of aromatic nitrogens is 4. The number of hydrogen-bond acceptors (Lipinski definition) is 9. The van der Waals surface area contributed by atoms with E-state index in [1.54, 1.807) is 19.4 Å². The molecule has 2 aromatic heterocycles. The van der Waals surface area contributed by atoms with Crippen molar-refractivity contribution in [1.29, 1.82) is 0 Å². The van der Waals surface area contributed by atoms with E-state index in [-0.39, 0.29) is 11.5 Å². The number of nitrogens with one attached hydrogen (secondary N) is 2. The third kappa shape index (κ3) is 4.13. The molecule has 3 aromatic rings. The summed E-state index contributed by atoms with van der Waals surface area (Å²) in [6.45, 7) is 6.58. The summed E-state index contributed by atoms with van der Waals surface area (Å²) in [6.07, 6.45) is 4.02. The van der Waals surface area contributed by atoms with E-state index in [1.165, 1.54) is 6.07 Å². The van der Waals surface area contributed by atoms with Crippen LogP contribution in [0.5, 0.6) is 5.88 Å². The number of ether oxygens (including phenoxy) is 1. The summed E-state index contributed by atoms with van der Waals surface area (Å²) in [4.78, 5) is 14.1. The summed E-state index contributed by atoms with van der Waals surface area (Å²) in [5, 5.41) is 15.0. The maximum Gasteiger partial charge on any atom is 0.235 e. The number of nitrogens with zero attached hydrogens (tertiary/aromatic N) is 6. The second-order valence-corrected chi connectivity index (χ2v) is 11.0. The molecule has 1 aromatic carbocycles. The molecule has 9 nitrogen and oxygen atoms in total. The third-order valence-electron chi connectivity index (χ3n) is 8.15. The molecule has 2 N–H and O–H groups in total. The molecular formula is C27H32F2N8O. The SMILES string of the molecule is CNc1nc(N[C@H]2[C@@H]3CC[C@H]2CN(c2cnnc(OC)c2)C3)nc2c1C(C)(C)CN2c1ccc(F)c(F)c1. The number of anilines is 5. The van der Waals surface area contributed by atoms with Gasteiger partial charge in [-0.05, 0) is 36.8 Å². The zero-order valence-electron chi connectivity index (χ0n) is 22.0. The number of halogens is 2. The van der Waals surface area contributed by atoms with Crippen molar-refractivity contribution in [3.05, 3.63) is 47.7 Å². The normalized spacial score (nSPS) is 23.4. The van der Waals surface area contributed by atoms with Crippen LogP contribution in [-0.4, -0.2) is 60.0 Å². The first-order valence-electron chi connectivity index (χ1n) is 13.0. The first kappa shape index (κ1) is 24.6. The van der Waals surface area contributed by atoms with E-state index in [0.29, 0.717) is 41.7 Å². The number of hydrogen-bond donors (Lipinski definition) is 2. The van der Waals surface area contributed by atoms with Crippen molar-refractivity contribution in [3.8, 4) is 5.88 Å². The van der Waals surface area contributed by atoms with Gasteiger partial charge in [0, 0.05) is 61.5 Å². The number of benzene rings is 1. The van der Waals surface area contributed by atoms with E-state index in [1.807, 2.05) is 18.0 Å². The Balaban J connectivity index is 1.29. The molecule has 4 heterocycles. The van der Waals surface area contributed by atoms with Crippen molar-refractivity contribution in [3.63, 3.8) is 0 Å². The maximum absolute atomic E-state index is 14.1. The molecule has 0 radical (unpaired) electrons. The lowest BCUT2D eigenvalue weighted by Gasteiger charge is -2.39. The molecule has 200 valence electrons. The molecule has 1 saturated heterocycles. The average Bonchev–Trinajstić information content (AvgIpc) is 3.30. The minimum atomic E-state index is -0.875. The van der Waals surface area contributed by atoms with Crippen LogP contribution < -0.4 is 25.2 Å². The van der Waals surface area contributed by atoms with Crippen LogP contribution >= 0.6 is 0 Å². The molecule has 38 heavy (non-hydrogen) atoms. The van der Waals surface area contributed by atoms with Crippen LogP contribution in [0.15, 0.2) is 30.5 Å². The summed E-state index contributed by atoms with van der Waals surface area (Å²) < 4.78 is 33.1. The number of rotatable bonds is 6. The lowest BCUT2D eigenvalue weighted by atomic mass is 9.88. The van der Waals surface area contributed by atoms with Gasteiger partial charge in [0.1, 0.15) is 11.6 Å². The Labute approximate surface area is 220 Å². The van der Waals surface area contributed by atoms with Crippen molar-refractivity contribution in [2.75, 3.05) is 54.2 Å². The molecule has 6 rings (SSSR count). The Hall–Kier alpha value is -3.76. The molecule has 2 fully saturated rings. The van der Waals surface area contributed by atoms with Crippen molar-refractivity contribution in [2.24, 2.45) is 11.8 Å². The Morgan fingerprint density at radius 2 is 1.79 bits per heavy atom. The second-order valence-electron chi connectivity index (χ2n) is 11.0. The van der Waals surface area contributed by atoms with E-state index in [2.05, 4.69) is 39.6 Å². The highest BCUT2D eigenvalue weighted by Gasteiger charge is 2.44. The Bertz CT molecular complexity index is 1350. The van der Waals surface area contributed by atoms with Gasteiger partial charge in [-0.15, -0.1) is 5.10 Å². The molecule has 3 aliphatic rings. The third-order valence-corrected chi connectivity index (χ3v) is 8.15. The molecule has 1 aliphatic carbocycles. The van der Waals surface area contributed by atoms with Gasteiger partial charge in [0.2, 0.25) is 11.8 Å². The Kier molecular flexibility index (Phi) is 5.96. The van der Waals surface area contributed by atoms with Crippen molar-refractivity contribution < 1.29 is 13.5 Å². The van der Waals surface area contributed by atoms with E-state index in [4.69, 9.17) is 14.7 Å². The summed E-state index contributed by atoms with van der Waals surface area (Å²) in [5.74, 6) is 1.60. The summed E-state index contributed by atoms with van der Waals surface area (Å²) >= 11 is 0. The lowest BCUT2D eigenvalue weighted by molar-refractivity contribution is 0.373. The van der Waals surface area contributed by atoms with Crippen LogP contribution in [0.3, 0.4) is 0 Å². The van der Waals surface area contributed by atoms with Gasteiger partial charge in [0.05, 0.1) is 19.0 Å². The van der Waals surface area contributed by atoms with Crippen LogP contribution in [0.2, 0.25) is 0 Å². The standard InChI is InChI=1S/C27H32F2N8O/c1-27(2)14-37(17-7-8-19(28)20(29)9-17)25-22(27)24(30-3)33-26(34-25)32-23-15-5-6-16(23)13-36(12-15)18-10-21(38-4)35-31-11-18/h7-11,15-16,23H,5-6,12-14H2,1-4H3,(H2,30,32,33,34)/t15-,16+,23+. The Morgan fingerprint density at radius 1 is 1.03 bits per heavy atom. The van der Waals surface area contributed by atoms with Crippen molar-refractivity contribution >= 4 is 29.0 Å². The van der Waals surface area contributed by atoms with E-state index >= 15 is 0 Å². The summed E-state index contributed by atoms with van der Waals surface area (Å²) in [5.41, 5.74) is 2.26. The van der Waals surface area contributed by atoms with E-state index in [9.17, 15) is 8.78 Å². The molecule has 0 unspecified atom stereocenters. The molecule has 2 aliphatic heterocycles. The van der Waals surface area contributed by atoms with Crippen LogP contribution in [0.4, 0.5) is 37.7 Å². The van der Waals surface area contributed by atoms with Crippen LogP contribution in [-0.2, 0) is 5.41 Å². The highest BCUT2D eigenvalue weighted by molar-refractivity contribution is 5.75. The first-order valence-corrected chi connectivity index (χ1v) is 13.0. The van der Waals surface area contributed by atoms with Gasteiger partial charge in [0.15, 0.2) is 11.6 Å². The smallest absolute Gasteiger partial charge is 0.235 e. The van der Waals surface area contributed by atoms with E-state index in [0.717, 1.165) is 49.1 Å². The van der Waals surface area contributed by atoms with Crippen LogP contribution in [0.25, 0.3) is 0 Å². The molecular weight excluding hydrogens is 490 g/mol. The van der Waals surface area contributed by atoms with Gasteiger partial charge in [-0.2, -0.15) is 15.1 Å². The second kappa shape index (κ2) is 9.21. The number of fused-ring (bicyclic) bond motifs is 3. The molecule has 1 saturated carbocycles. The summed E-state index contributed by atoms with van der Waals surface area (Å²) in [7, 11) is 3.44. The fourth-order valence-electron chi connectivity index (χ4n) is 6.36. The minimum Gasteiger partial charge on any atom is -0.480 e. The van der Waals surface area contributed by atoms with Crippen molar-refractivity contribution in [2.45, 2.75) is 38.1 Å². The molecule has 11 heteroatoms.